The Morgan fingerprint density at radius 1 is 1.17 bits per heavy atom. The summed E-state index contributed by atoms with van der Waals surface area (Å²) >= 11 is 0. The Hall–Kier alpha value is -2.45. The fraction of sp³-hybridized carbons (Fsp3) is 0.429. The van der Waals surface area contributed by atoms with Crippen LogP contribution in [0.2, 0.25) is 0 Å². The van der Waals surface area contributed by atoms with Crippen LogP contribution in [0.5, 0.6) is 11.5 Å². The molecule has 1 aromatic carbocycles. The van der Waals surface area contributed by atoms with Crippen molar-refractivity contribution in [3.8, 4) is 11.5 Å². The molecule has 0 atom stereocenters. The minimum absolute atomic E-state index is 0.00302. The van der Waals surface area contributed by atoms with E-state index in [-0.39, 0.29) is 24.5 Å². The van der Waals surface area contributed by atoms with E-state index in [1.54, 1.807) is 0 Å². The third kappa shape index (κ3) is 7.39. The molecule has 0 aliphatic carbocycles. The molecule has 1 N–H and O–H groups in total. The molecule has 9 heteroatoms. The Kier molecular flexibility index (Phi) is 6.67. The number of carbonyl (C=O) groups is 2. The first-order valence-corrected chi connectivity index (χ1v) is 6.56. The van der Waals surface area contributed by atoms with E-state index in [1.807, 2.05) is 0 Å². The van der Waals surface area contributed by atoms with E-state index in [4.69, 9.17) is 9.84 Å². The van der Waals surface area contributed by atoms with Gasteiger partial charge < -0.3 is 19.5 Å². The highest BCUT2D eigenvalue weighted by Gasteiger charge is 2.29. The largest absolute Gasteiger partial charge is 0.481 e. The van der Waals surface area contributed by atoms with Gasteiger partial charge in [-0.3, -0.25) is 9.59 Å². The lowest BCUT2D eigenvalue weighted by molar-refractivity contribution is -0.153. The number of carboxylic acids is 1. The number of alkyl halides is 3. The van der Waals surface area contributed by atoms with Crippen molar-refractivity contribution in [3.63, 3.8) is 0 Å². The lowest BCUT2D eigenvalue weighted by atomic mass is 10.3. The lowest BCUT2D eigenvalue weighted by Gasteiger charge is -2.17. The molecule has 1 aromatic rings. The monoisotopic (exact) mass is 335 g/mol. The number of hydrogen-bond acceptors (Lipinski definition) is 4. The Morgan fingerprint density at radius 2 is 1.74 bits per heavy atom. The molecule has 0 spiro atoms. The average Bonchev–Trinajstić information content (AvgIpc) is 2.48. The minimum atomic E-state index is -4.49. The first-order chi connectivity index (χ1) is 10.7. The second kappa shape index (κ2) is 8.25. The number of nitrogens with zero attached hydrogens (tertiary/aromatic N) is 1. The van der Waals surface area contributed by atoms with Crippen molar-refractivity contribution >= 4 is 11.9 Å². The molecule has 0 heterocycles. The van der Waals surface area contributed by atoms with Crippen LogP contribution in [0.3, 0.4) is 0 Å². The third-order valence-electron chi connectivity index (χ3n) is 2.68. The molecule has 6 nitrogen and oxygen atoms in total. The topological polar surface area (TPSA) is 76.1 Å². The zero-order valence-corrected chi connectivity index (χ0v) is 12.3. The Balaban J connectivity index is 2.57. The van der Waals surface area contributed by atoms with Gasteiger partial charge in [0, 0.05) is 13.6 Å². The Labute approximate surface area is 130 Å². The molecule has 1 amide bonds. The van der Waals surface area contributed by atoms with Gasteiger partial charge in [-0.25, -0.2) is 0 Å². The average molecular weight is 335 g/mol. The summed E-state index contributed by atoms with van der Waals surface area (Å²) in [4.78, 5) is 23.3. The summed E-state index contributed by atoms with van der Waals surface area (Å²) in [5.74, 6) is -1.68. The van der Waals surface area contributed by atoms with E-state index >= 15 is 0 Å². The van der Waals surface area contributed by atoms with Crippen LogP contribution in [0.1, 0.15) is 6.42 Å². The van der Waals surface area contributed by atoms with E-state index < -0.39 is 31.3 Å². The predicted octanol–water partition coefficient (Wildman–Crippen LogP) is 1.94. The summed E-state index contributed by atoms with van der Waals surface area (Å²) in [5.41, 5.74) is 0. The zero-order valence-electron chi connectivity index (χ0n) is 12.3. The van der Waals surface area contributed by atoms with E-state index in [2.05, 4.69) is 4.74 Å². The number of para-hydroxylation sites is 2. The van der Waals surface area contributed by atoms with Crippen LogP contribution in [-0.2, 0) is 9.59 Å². The van der Waals surface area contributed by atoms with E-state index in [0.29, 0.717) is 0 Å². The normalized spacial score (nSPS) is 11.0. The van der Waals surface area contributed by atoms with Crippen LogP contribution >= 0.6 is 0 Å². The van der Waals surface area contributed by atoms with Gasteiger partial charge in [0.15, 0.2) is 24.7 Å². The highest BCUT2D eigenvalue weighted by atomic mass is 19.4. The van der Waals surface area contributed by atoms with Crippen LogP contribution < -0.4 is 9.47 Å². The van der Waals surface area contributed by atoms with Crippen molar-refractivity contribution in [1.82, 2.24) is 4.90 Å². The van der Waals surface area contributed by atoms with Gasteiger partial charge in [-0.05, 0) is 12.1 Å². The van der Waals surface area contributed by atoms with Crippen LogP contribution in [-0.4, -0.2) is 54.9 Å². The SMILES string of the molecule is CN(CCC(=O)O)C(=O)COc1ccccc1OCC(F)(F)F. The number of aliphatic carboxylic acids is 1. The molecule has 128 valence electrons. The second-order valence-electron chi connectivity index (χ2n) is 4.60. The minimum Gasteiger partial charge on any atom is -0.481 e. The molecular weight excluding hydrogens is 319 g/mol. The quantitative estimate of drug-likeness (QED) is 0.786. The van der Waals surface area contributed by atoms with Crippen LogP contribution in [0.4, 0.5) is 13.2 Å². The maximum absolute atomic E-state index is 12.2. The number of ether oxygens (including phenoxy) is 2. The number of carboxylic acid groups (broad SMARTS) is 1. The highest BCUT2D eigenvalue weighted by molar-refractivity contribution is 5.78. The fourth-order valence-corrected chi connectivity index (χ4v) is 1.49. The number of hydrogen-bond donors (Lipinski definition) is 1. The van der Waals surface area contributed by atoms with Gasteiger partial charge in [-0.1, -0.05) is 12.1 Å². The van der Waals surface area contributed by atoms with Crippen LogP contribution in [0.25, 0.3) is 0 Å². The number of halogens is 3. The summed E-state index contributed by atoms with van der Waals surface area (Å²) in [6.45, 7) is -1.91. The molecule has 0 fully saturated rings. The van der Waals surface area contributed by atoms with E-state index in [9.17, 15) is 22.8 Å². The van der Waals surface area contributed by atoms with Crippen molar-refractivity contribution in [3.05, 3.63) is 24.3 Å². The van der Waals surface area contributed by atoms with E-state index in [1.165, 1.54) is 31.3 Å². The van der Waals surface area contributed by atoms with Gasteiger partial charge in [0.05, 0.1) is 6.42 Å². The summed E-state index contributed by atoms with van der Waals surface area (Å²) in [5, 5.41) is 8.54. The van der Waals surface area contributed by atoms with Crippen molar-refractivity contribution in [2.45, 2.75) is 12.6 Å². The van der Waals surface area contributed by atoms with Gasteiger partial charge in [-0.2, -0.15) is 13.2 Å². The van der Waals surface area contributed by atoms with E-state index in [0.717, 1.165) is 4.90 Å². The van der Waals surface area contributed by atoms with Crippen molar-refractivity contribution in [2.24, 2.45) is 0 Å². The van der Waals surface area contributed by atoms with Crippen molar-refractivity contribution in [1.29, 1.82) is 0 Å². The standard InChI is InChI=1S/C14H16F3NO5/c1-18(7-6-13(20)21)12(19)8-22-10-4-2-3-5-11(10)23-9-14(15,16)17/h2-5H,6-9H2,1H3,(H,20,21). The number of amides is 1. The van der Waals surface area contributed by atoms with Crippen molar-refractivity contribution in [2.75, 3.05) is 26.8 Å². The fourth-order valence-electron chi connectivity index (χ4n) is 1.49. The molecule has 0 aliphatic heterocycles. The van der Waals surface area contributed by atoms with Gasteiger partial charge in [0.2, 0.25) is 0 Å². The smallest absolute Gasteiger partial charge is 0.422 e. The molecule has 1 rings (SSSR count). The number of benzene rings is 1. The molecule has 0 saturated heterocycles. The van der Waals surface area contributed by atoms with Crippen LogP contribution in [0, 0.1) is 0 Å². The molecule has 23 heavy (non-hydrogen) atoms. The lowest BCUT2D eigenvalue weighted by Crippen LogP contribution is -2.33. The van der Waals surface area contributed by atoms with Crippen molar-refractivity contribution < 1.29 is 37.3 Å². The van der Waals surface area contributed by atoms with Gasteiger partial charge in [0.25, 0.3) is 5.91 Å². The molecule has 0 unspecified atom stereocenters. The summed E-state index contributed by atoms with van der Waals surface area (Å²) in [7, 11) is 1.40. The summed E-state index contributed by atoms with van der Waals surface area (Å²) in [6, 6.07) is 5.66. The Morgan fingerprint density at radius 3 is 2.26 bits per heavy atom. The number of rotatable bonds is 8. The first kappa shape index (κ1) is 18.6. The Bertz CT molecular complexity index is 547. The number of likely N-dealkylation sites (N-methyl/N-ethyl adjacent to an activating group) is 1. The highest BCUT2D eigenvalue weighted by Crippen LogP contribution is 2.28. The molecule has 0 radical (unpaired) electrons. The maximum atomic E-state index is 12.2. The zero-order chi connectivity index (χ0) is 17.5. The van der Waals surface area contributed by atoms with Gasteiger partial charge >= 0.3 is 12.1 Å². The van der Waals surface area contributed by atoms with Gasteiger partial charge in [0.1, 0.15) is 0 Å². The molecular formula is C14H16F3NO5. The molecule has 0 aromatic heterocycles. The predicted molar refractivity (Wildman–Crippen MR) is 73.4 cm³/mol. The first-order valence-electron chi connectivity index (χ1n) is 6.56. The molecule has 0 bridgehead atoms. The van der Waals surface area contributed by atoms with Gasteiger partial charge in [-0.15, -0.1) is 0 Å². The van der Waals surface area contributed by atoms with Crippen LogP contribution in [0.15, 0.2) is 24.3 Å². The third-order valence-corrected chi connectivity index (χ3v) is 2.68. The number of carbonyl (C=O) groups excluding carboxylic acids is 1. The summed E-state index contributed by atoms with van der Waals surface area (Å²) in [6.07, 6.45) is -4.70. The summed E-state index contributed by atoms with van der Waals surface area (Å²) < 4.78 is 46.3. The second-order valence-corrected chi connectivity index (χ2v) is 4.60. The maximum Gasteiger partial charge on any atom is 0.422 e. The molecule has 0 aliphatic rings. The molecule has 0 saturated carbocycles.